The van der Waals surface area contributed by atoms with Gasteiger partial charge in [-0.15, -0.1) is 31.8 Å². The van der Waals surface area contributed by atoms with E-state index < -0.39 is 45.0 Å². The molecule has 25 heteroatoms. The molecule has 0 aliphatic carbocycles. The molecular weight excluding hydrogens is 1120 g/mol. The summed E-state index contributed by atoms with van der Waals surface area (Å²) in [6, 6.07) is 41.6. The highest BCUT2D eigenvalue weighted by atomic mass is 35.5. The Morgan fingerprint density at radius 3 is 1.44 bits per heavy atom. The largest absolute Gasteiger partial charge is 0.493 e. The highest BCUT2D eigenvalue weighted by Gasteiger charge is 2.29. The van der Waals surface area contributed by atoms with Crippen LogP contribution in [0.15, 0.2) is 193 Å². The minimum Gasteiger partial charge on any atom is -0.493 e. The zero-order valence-corrected chi connectivity index (χ0v) is 45.6. The second-order valence-electron chi connectivity index (χ2n) is 16.7. The van der Waals surface area contributed by atoms with E-state index in [2.05, 4.69) is 30.4 Å². The number of hydrogen-bond acceptors (Lipinski definition) is 15. The maximum absolute atomic E-state index is 13.7. The molecule has 3 aromatic heterocycles. The fourth-order valence-electron chi connectivity index (χ4n) is 7.48. The van der Waals surface area contributed by atoms with E-state index in [9.17, 15) is 36.6 Å². The van der Waals surface area contributed by atoms with Crippen molar-refractivity contribution >= 4 is 111 Å². The number of hydrogen-bond donors (Lipinski definition) is 4. The maximum Gasteiger partial charge on any atom is 0.285 e. The molecule has 0 saturated heterocycles. The van der Waals surface area contributed by atoms with Crippen molar-refractivity contribution in [2.45, 2.75) is 16.4 Å². The van der Waals surface area contributed by atoms with Crippen molar-refractivity contribution < 1.29 is 55.6 Å². The normalized spacial score (nSPS) is 11.7. The molecule has 4 N–H and O–H groups in total. The number of aromatic amines is 2. The van der Waals surface area contributed by atoms with Crippen LogP contribution in [0, 0.1) is 0 Å². The molecule has 0 spiro atoms. The lowest BCUT2D eigenvalue weighted by atomic mass is 10.2. The van der Waals surface area contributed by atoms with Crippen LogP contribution in [0.3, 0.4) is 0 Å². The number of para-hydroxylation sites is 2. The molecule has 0 unspecified atom stereocenters. The van der Waals surface area contributed by atoms with Crippen LogP contribution in [0.5, 0.6) is 23.3 Å². The molecule has 9 aromatic rings. The standard InChI is InChI=1S/C27H27ClN4O7S.C27H21ClN4O5S2/c1-37-14-15-38-16-17-39-21-10-12-22(13-11-21)40(35,36)32(20-8-6-19(28)7-9-20)18-25(33)30-31-26-23-4-2-3-5-24(23)29-27(26)34;28-18-7-9-19(10-8-18)32(16-25(33)30-31-26-23-5-1-2-6-24(23)29-27(26)34)39(35,36)22-13-11-20(12-14-22)37-17-21-4-3-15-38-21/h2-13,29,34H,14-18H2,1H3;1-15,29,34H,16-17H2. The summed E-state index contributed by atoms with van der Waals surface area (Å²) in [5.74, 6) is -1.25. The van der Waals surface area contributed by atoms with E-state index in [1.165, 1.54) is 84.9 Å². The predicted octanol–water partition coefficient (Wildman–Crippen LogP) is 11.7. The van der Waals surface area contributed by atoms with Crippen LogP contribution < -0.4 is 18.1 Å². The zero-order valence-electron chi connectivity index (χ0n) is 41.7. The lowest BCUT2D eigenvalue weighted by Gasteiger charge is -2.23. The first-order valence-electron chi connectivity index (χ1n) is 23.7. The number of halogens is 2. The number of aromatic nitrogens is 2. The Balaban J connectivity index is 0.000000208. The average Bonchev–Trinajstić information content (AvgIpc) is 4.25. The summed E-state index contributed by atoms with van der Waals surface area (Å²) in [6.45, 7) is 0.636. The number of amides is 2. The van der Waals surface area contributed by atoms with Gasteiger partial charge in [0.2, 0.25) is 11.8 Å². The fraction of sp³-hybridized carbons (Fsp3) is 0.148. The van der Waals surface area contributed by atoms with E-state index in [4.69, 9.17) is 42.1 Å². The third kappa shape index (κ3) is 14.7. The van der Waals surface area contributed by atoms with Gasteiger partial charge in [0, 0.05) is 32.8 Å². The molecule has 0 bridgehead atoms. The van der Waals surface area contributed by atoms with Crippen LogP contribution >= 0.6 is 34.5 Å². The van der Waals surface area contributed by atoms with Gasteiger partial charge in [-0.25, -0.2) is 16.8 Å². The van der Waals surface area contributed by atoms with E-state index in [0.29, 0.717) is 69.8 Å². The monoisotopic (exact) mass is 1170 g/mol. The minimum atomic E-state index is -4.21. The van der Waals surface area contributed by atoms with Crippen molar-refractivity contribution in [2.24, 2.45) is 20.5 Å². The van der Waals surface area contributed by atoms with Crippen LogP contribution in [-0.4, -0.2) is 95.5 Å². The maximum atomic E-state index is 13.7. The van der Waals surface area contributed by atoms with Gasteiger partial charge in [-0.1, -0.05) is 65.7 Å². The Hall–Kier alpha value is -8.16. The first-order chi connectivity index (χ1) is 38.1. The van der Waals surface area contributed by atoms with Crippen molar-refractivity contribution in [1.82, 2.24) is 9.97 Å². The molecule has 0 saturated carbocycles. The number of thiophene rings is 1. The molecule has 2 amide bonds. The van der Waals surface area contributed by atoms with Crippen molar-refractivity contribution in [2.75, 3.05) is 55.2 Å². The number of carbonyl (C=O) groups is 2. The minimum absolute atomic E-state index is 0.0417. The van der Waals surface area contributed by atoms with Gasteiger partial charge in [0.15, 0.2) is 11.4 Å². The van der Waals surface area contributed by atoms with Crippen LogP contribution in [-0.2, 0) is 45.7 Å². The highest BCUT2D eigenvalue weighted by Crippen LogP contribution is 2.37. The number of anilines is 2. The Labute approximate surface area is 467 Å². The first kappa shape index (κ1) is 57.0. The molecular formula is C54H48Cl2N8O12S3. The fourth-order valence-corrected chi connectivity index (χ4v) is 11.2. The number of azo groups is 2. The van der Waals surface area contributed by atoms with E-state index in [1.54, 1.807) is 79.1 Å². The number of carbonyl (C=O) groups excluding carboxylic acids is 2. The molecule has 0 aliphatic heterocycles. The topological polar surface area (TPSA) is 267 Å². The second-order valence-corrected chi connectivity index (χ2v) is 22.3. The highest BCUT2D eigenvalue weighted by molar-refractivity contribution is 7.93. The Morgan fingerprint density at radius 1 is 0.557 bits per heavy atom. The molecule has 20 nitrogen and oxygen atoms in total. The average molecular weight is 1170 g/mol. The number of nitrogens with zero attached hydrogens (tertiary/aromatic N) is 6. The van der Waals surface area contributed by atoms with Gasteiger partial charge in [-0.3, -0.25) is 18.2 Å². The number of aromatic hydroxyl groups is 2. The van der Waals surface area contributed by atoms with Crippen LogP contribution in [0.4, 0.5) is 22.7 Å². The van der Waals surface area contributed by atoms with Crippen LogP contribution in [0.1, 0.15) is 4.88 Å². The summed E-state index contributed by atoms with van der Waals surface area (Å²) in [5.41, 5.74) is 1.80. The summed E-state index contributed by atoms with van der Waals surface area (Å²) in [6.07, 6.45) is 0. The number of sulfonamides is 2. The third-order valence-electron chi connectivity index (χ3n) is 11.3. The lowest BCUT2D eigenvalue weighted by molar-refractivity contribution is -0.117. The lowest BCUT2D eigenvalue weighted by Crippen LogP contribution is -2.35. The van der Waals surface area contributed by atoms with Gasteiger partial charge in [0.25, 0.3) is 31.9 Å². The smallest absolute Gasteiger partial charge is 0.285 e. The Kier molecular flexibility index (Phi) is 19.1. The van der Waals surface area contributed by atoms with Gasteiger partial charge in [-0.2, -0.15) is 0 Å². The van der Waals surface area contributed by atoms with E-state index >= 15 is 0 Å². The van der Waals surface area contributed by atoms with Gasteiger partial charge < -0.3 is 39.1 Å². The number of H-pyrrole nitrogens is 2. The van der Waals surface area contributed by atoms with E-state index in [0.717, 1.165) is 13.5 Å². The van der Waals surface area contributed by atoms with Crippen molar-refractivity contribution in [3.8, 4) is 23.3 Å². The Bertz CT molecular complexity index is 3810. The summed E-state index contributed by atoms with van der Waals surface area (Å²) >= 11 is 13.6. The number of methoxy groups -OCH3 is 1. The molecule has 0 fully saturated rings. The molecule has 6 aromatic carbocycles. The number of benzene rings is 6. The molecule has 0 atom stereocenters. The van der Waals surface area contributed by atoms with Crippen LogP contribution in [0.2, 0.25) is 10.0 Å². The predicted molar refractivity (Wildman–Crippen MR) is 301 cm³/mol. The quantitative estimate of drug-likeness (QED) is 0.0364. The number of nitrogens with one attached hydrogen (secondary N) is 2. The third-order valence-corrected chi connectivity index (χ3v) is 16.3. The van der Waals surface area contributed by atoms with Gasteiger partial charge in [0.05, 0.1) is 52.0 Å². The number of fused-ring (bicyclic) bond motifs is 2. The summed E-state index contributed by atoms with van der Waals surface area (Å²) in [4.78, 5) is 32.1. The molecule has 79 heavy (non-hydrogen) atoms. The summed E-state index contributed by atoms with van der Waals surface area (Å²) in [7, 11) is -6.82. The summed E-state index contributed by atoms with van der Waals surface area (Å²) in [5, 5.41) is 39.4. The number of ether oxygens (including phenoxy) is 4. The number of rotatable bonds is 22. The van der Waals surface area contributed by atoms with Crippen molar-refractivity contribution in [3.63, 3.8) is 0 Å². The zero-order chi connectivity index (χ0) is 55.9. The summed E-state index contributed by atoms with van der Waals surface area (Å²) < 4.78 is 78.0. The van der Waals surface area contributed by atoms with E-state index in [-0.39, 0.29) is 50.9 Å². The SMILES string of the molecule is COCCOCCOc1ccc(S(=O)(=O)N(CC(=O)N=Nc2c(O)[nH]c3ccccc23)c2ccc(Cl)cc2)cc1.O=C(CN(c1ccc(Cl)cc1)S(=O)(=O)c1ccc(OCc2cccs2)cc1)N=Nc1c(O)[nH]c2ccccc12. The molecule has 408 valence electrons. The van der Waals surface area contributed by atoms with Gasteiger partial charge in [0.1, 0.15) is 37.8 Å². The molecule has 0 aliphatic rings. The van der Waals surface area contributed by atoms with E-state index in [1.807, 2.05) is 17.5 Å². The van der Waals surface area contributed by atoms with Crippen molar-refractivity contribution in [1.29, 1.82) is 0 Å². The van der Waals surface area contributed by atoms with Crippen LogP contribution in [0.25, 0.3) is 21.8 Å². The molecule has 3 heterocycles. The first-order valence-corrected chi connectivity index (χ1v) is 28.2. The molecule has 9 rings (SSSR count). The Morgan fingerprint density at radius 2 is 1.00 bits per heavy atom. The van der Waals surface area contributed by atoms with Crippen molar-refractivity contribution in [3.05, 3.63) is 178 Å². The molecule has 0 radical (unpaired) electrons. The van der Waals surface area contributed by atoms with Gasteiger partial charge >= 0.3 is 0 Å². The second kappa shape index (κ2) is 26.5. The van der Waals surface area contributed by atoms with Gasteiger partial charge in [-0.05, 0) is 121 Å².